The Bertz CT molecular complexity index is 3880. The Balaban J connectivity index is 0.640. The SMILES string of the molecule is C[N+]1=C(/C=C/C=C/C=C2/N(CCCCCC(=O)NCCCN=C(N)Nc3ccc4[nH]c5c(c4c3)C[C@@]3(O)[C@H]4Cc6ccc(O)c7c6[C@@]3(CCN4CC3CC3)[C@H]5O7)c3ccc(S(=O)(=O)O)cc3C2(C)C)C(C)(C)c2cc(S(=O)(=O)O)ccc21. The molecule has 4 aliphatic heterocycles. The predicted molar refractivity (Wildman–Crippen MR) is 316 cm³/mol. The number of hydrogen-bond donors (Lipinski definition) is 8. The van der Waals surface area contributed by atoms with Gasteiger partial charge in [0.15, 0.2) is 29.3 Å². The number of phenols is 1. The first-order valence-corrected chi connectivity index (χ1v) is 31.4. The lowest BCUT2D eigenvalue weighted by Gasteiger charge is -2.62. The third-order valence-electron chi connectivity index (χ3n) is 18.9. The van der Waals surface area contributed by atoms with Crippen LogP contribution >= 0.6 is 0 Å². The second-order valence-corrected chi connectivity index (χ2v) is 27.4. The normalized spacial score (nSPS) is 24.6. The van der Waals surface area contributed by atoms with Crippen molar-refractivity contribution in [2.45, 2.75) is 136 Å². The van der Waals surface area contributed by atoms with Crippen molar-refractivity contribution in [2.75, 3.05) is 50.0 Å². The van der Waals surface area contributed by atoms with E-state index in [2.05, 4.69) is 36.5 Å². The molecule has 4 atom stereocenters. The number of guanidine groups is 1. The smallest absolute Gasteiger partial charge is 0.294 e. The van der Waals surface area contributed by atoms with E-state index in [4.69, 9.17) is 10.5 Å². The number of nitrogens with one attached hydrogen (secondary N) is 3. The van der Waals surface area contributed by atoms with Gasteiger partial charge in [0.25, 0.3) is 20.2 Å². The summed E-state index contributed by atoms with van der Waals surface area (Å²) in [5.41, 5.74) is 14.4. The van der Waals surface area contributed by atoms with Crippen molar-refractivity contribution in [1.29, 1.82) is 0 Å². The summed E-state index contributed by atoms with van der Waals surface area (Å²) in [5.74, 6) is 1.51. The van der Waals surface area contributed by atoms with Crippen molar-refractivity contribution in [1.82, 2.24) is 15.2 Å². The van der Waals surface area contributed by atoms with Crippen LogP contribution in [-0.2, 0) is 54.1 Å². The molecule has 1 spiro atoms. The van der Waals surface area contributed by atoms with E-state index < -0.39 is 48.2 Å². The van der Waals surface area contributed by atoms with Crippen molar-refractivity contribution in [3.05, 3.63) is 136 Å². The molecule has 1 amide bonds. The Kier molecular flexibility index (Phi) is 13.7. The molecular formula is C62H73N8O10S2+. The number of allylic oxidation sites excluding steroid dienone is 6. The number of aliphatic imine (C=N–C) groups is 1. The second-order valence-electron chi connectivity index (χ2n) is 24.6. The molecule has 1 aromatic heterocycles. The van der Waals surface area contributed by atoms with Gasteiger partial charge in [-0.15, -0.1) is 0 Å². The van der Waals surface area contributed by atoms with Gasteiger partial charge in [0, 0.05) is 102 Å². The molecule has 0 radical (unpaired) electrons. The van der Waals surface area contributed by atoms with Crippen molar-refractivity contribution >= 4 is 65.8 Å². The lowest BCUT2D eigenvalue weighted by atomic mass is 9.49. The van der Waals surface area contributed by atoms with Gasteiger partial charge in [-0.2, -0.15) is 21.4 Å². The van der Waals surface area contributed by atoms with Gasteiger partial charge in [-0.25, -0.2) is 0 Å². The molecular weight excluding hydrogens is 1080 g/mol. The first kappa shape index (κ1) is 55.7. The van der Waals surface area contributed by atoms with Crippen LogP contribution in [0.4, 0.5) is 17.1 Å². The molecule has 3 aliphatic carbocycles. The zero-order chi connectivity index (χ0) is 57.9. The molecule has 1 saturated heterocycles. The Hall–Kier alpha value is -6.81. The number of piperidine rings is 1. The lowest BCUT2D eigenvalue weighted by molar-refractivity contribution is -0.401. The molecule has 18 nitrogen and oxygen atoms in total. The average Bonchev–Trinajstić information content (AvgIpc) is 1.72. The number of unbranched alkanes of at least 4 members (excludes halogenated alkanes) is 2. The summed E-state index contributed by atoms with van der Waals surface area (Å²) in [6, 6.07) is 19.0. The number of H-pyrrole nitrogens is 1. The Morgan fingerprint density at radius 1 is 0.915 bits per heavy atom. The molecule has 5 aromatic rings. The summed E-state index contributed by atoms with van der Waals surface area (Å²) in [4.78, 5) is 25.6. The van der Waals surface area contributed by atoms with E-state index in [-0.39, 0.29) is 33.4 Å². The number of carbonyl (C=O) groups is 1. The number of nitrogens with two attached hydrogens (primary N) is 1. The average molecular weight is 1150 g/mol. The first-order valence-electron chi connectivity index (χ1n) is 28.6. The molecule has 7 aliphatic rings. The van der Waals surface area contributed by atoms with Crippen molar-refractivity contribution in [3.8, 4) is 11.5 Å². The summed E-state index contributed by atoms with van der Waals surface area (Å²) >= 11 is 0. The quantitative estimate of drug-likeness (QED) is 0.0102. The van der Waals surface area contributed by atoms with E-state index in [0.717, 1.165) is 105 Å². The summed E-state index contributed by atoms with van der Waals surface area (Å²) < 4.78 is 76.7. The number of amides is 1. The third-order valence-corrected chi connectivity index (χ3v) is 20.6. The molecule has 20 heteroatoms. The second kappa shape index (κ2) is 20.2. The van der Waals surface area contributed by atoms with Crippen LogP contribution in [0.1, 0.15) is 119 Å². The van der Waals surface area contributed by atoms with Gasteiger partial charge in [0.2, 0.25) is 11.6 Å². The van der Waals surface area contributed by atoms with E-state index in [0.29, 0.717) is 63.4 Å². The number of benzene rings is 4. The number of rotatable bonds is 18. The molecule has 2 fully saturated rings. The van der Waals surface area contributed by atoms with Gasteiger partial charge in [-0.1, -0.05) is 44.6 Å². The highest BCUT2D eigenvalue weighted by molar-refractivity contribution is 7.86. The van der Waals surface area contributed by atoms with Crippen LogP contribution in [0, 0.1) is 5.92 Å². The van der Waals surface area contributed by atoms with Crippen LogP contribution < -0.4 is 26.0 Å². The number of ether oxygens (including phenoxy) is 1. The number of fused-ring (bicyclic) bond motifs is 6. The van der Waals surface area contributed by atoms with E-state index in [1.165, 1.54) is 37.1 Å². The highest BCUT2D eigenvalue weighted by atomic mass is 32.2. The molecule has 0 unspecified atom stereocenters. The summed E-state index contributed by atoms with van der Waals surface area (Å²) in [5, 5.41) is 31.6. The van der Waals surface area contributed by atoms with Crippen LogP contribution in [0.25, 0.3) is 10.9 Å². The maximum atomic E-state index is 13.3. The van der Waals surface area contributed by atoms with Gasteiger partial charge in [0.1, 0.15) is 7.05 Å². The van der Waals surface area contributed by atoms with Gasteiger partial charge in [-0.3, -0.25) is 23.8 Å². The Labute approximate surface area is 479 Å². The summed E-state index contributed by atoms with van der Waals surface area (Å²) in [6.07, 6.45) is 16.8. The molecule has 432 valence electrons. The number of hydrogen-bond acceptors (Lipinski definition) is 11. The fraction of sp³-hybridized carbons (Fsp3) is 0.435. The molecule has 2 bridgehead atoms. The van der Waals surface area contributed by atoms with Gasteiger partial charge in [-0.05, 0) is 149 Å². The van der Waals surface area contributed by atoms with Gasteiger partial charge in [0.05, 0.1) is 31.9 Å². The highest BCUT2D eigenvalue weighted by Gasteiger charge is 2.73. The maximum Gasteiger partial charge on any atom is 0.294 e. The number of aromatic nitrogens is 1. The van der Waals surface area contributed by atoms with Crippen LogP contribution in [0.15, 0.2) is 118 Å². The molecule has 1 saturated carbocycles. The zero-order valence-corrected chi connectivity index (χ0v) is 48.6. The molecule has 4 aromatic carbocycles. The number of aromatic hydroxyl groups is 1. The monoisotopic (exact) mass is 1150 g/mol. The van der Waals surface area contributed by atoms with Crippen molar-refractivity contribution < 1.29 is 50.3 Å². The number of likely N-dealkylation sites (tertiary alicyclic amines) is 1. The lowest BCUT2D eigenvalue weighted by Crippen LogP contribution is -2.74. The molecule has 5 heterocycles. The van der Waals surface area contributed by atoms with Crippen LogP contribution in [0.2, 0.25) is 0 Å². The van der Waals surface area contributed by atoms with Gasteiger partial charge < -0.3 is 41.2 Å². The fourth-order valence-corrected chi connectivity index (χ4v) is 15.6. The van der Waals surface area contributed by atoms with E-state index in [9.17, 15) is 40.9 Å². The highest BCUT2D eigenvalue weighted by Crippen LogP contribution is 2.69. The molecule has 82 heavy (non-hydrogen) atoms. The topological polar surface area (TPSA) is 263 Å². The fourth-order valence-electron chi connectivity index (χ4n) is 14.6. The van der Waals surface area contributed by atoms with E-state index in [1.54, 1.807) is 18.2 Å². The number of nitrogens with zero attached hydrogens (tertiary/aromatic N) is 4. The molecule has 9 N–H and O–H groups in total. The summed E-state index contributed by atoms with van der Waals surface area (Å²) in [6.45, 7) is 11.4. The van der Waals surface area contributed by atoms with E-state index in [1.807, 2.05) is 87.9 Å². The van der Waals surface area contributed by atoms with E-state index >= 15 is 0 Å². The minimum Gasteiger partial charge on any atom is -0.504 e. The van der Waals surface area contributed by atoms with Crippen LogP contribution in [0.5, 0.6) is 11.5 Å². The first-order chi connectivity index (χ1) is 38.9. The Morgan fingerprint density at radius 2 is 1.67 bits per heavy atom. The maximum absolute atomic E-state index is 13.3. The predicted octanol–water partition coefficient (Wildman–Crippen LogP) is 8.36. The van der Waals surface area contributed by atoms with Crippen molar-refractivity contribution in [3.63, 3.8) is 0 Å². The minimum absolute atomic E-state index is 0.0494. The number of carbonyl (C=O) groups excluding carboxylic acids is 1. The molecule has 12 rings (SSSR count). The minimum atomic E-state index is -4.44. The van der Waals surface area contributed by atoms with Crippen LogP contribution in [-0.4, -0.2) is 120 Å². The standard InChI is InChI=1S/C62H72N8O10S2/c1-59(2)44-33-40(81(74,75)76)20-23-47(44)68(5)50(59)13-8-6-9-14-51-60(3,4)45-34-41(82(77,78)79)21-24-48(45)70(51)29-11-7-10-15-53(72)64-27-12-28-65-58(63)66-39-19-22-46-42(32-39)43-35-62(73)52-31-38-18-25-49(71)56-54(38)61(62,57(80-56)55(43)67-46)26-30-69(52)36-37-16-17-37/h6,8-9,13-14,18-25,32-34,37,52,57,67,73H,7,10-12,15-17,26-31,35-36H2,1-5H3,(H6-,63,64,65,66,71,72,74,75,76,77,78,79)/p+1/t52-,57+,61+,62-/m1/s1. The number of aliphatic hydroxyl groups is 1. The Morgan fingerprint density at radius 3 is 2.43 bits per heavy atom. The van der Waals surface area contributed by atoms with Crippen molar-refractivity contribution in [2.24, 2.45) is 16.6 Å². The third kappa shape index (κ3) is 9.33. The summed E-state index contributed by atoms with van der Waals surface area (Å²) in [7, 11) is -6.90. The number of aromatic amines is 1. The van der Waals surface area contributed by atoms with Gasteiger partial charge >= 0.3 is 0 Å². The van der Waals surface area contributed by atoms with Crippen LogP contribution in [0.3, 0.4) is 0 Å². The zero-order valence-electron chi connectivity index (χ0n) is 47.0. The number of anilines is 2. The number of phenolic OH excluding ortho intramolecular Hbond substituents is 1. The largest absolute Gasteiger partial charge is 0.504 e.